The van der Waals surface area contributed by atoms with Crippen LogP contribution in [0.4, 0.5) is 5.69 Å². The molecule has 0 saturated carbocycles. The monoisotopic (exact) mass is 267 g/mol. The molecule has 3 rings (SSSR count). The van der Waals surface area contributed by atoms with E-state index in [4.69, 9.17) is 5.73 Å². The highest BCUT2D eigenvalue weighted by Gasteiger charge is 2.31. The third kappa shape index (κ3) is 2.25. The van der Waals surface area contributed by atoms with Gasteiger partial charge in [0.25, 0.3) is 5.91 Å². The Bertz CT molecular complexity index is 612. The maximum Gasteiger partial charge on any atom is 0.256 e. The number of carbonyl (C=O) groups is 1. The van der Waals surface area contributed by atoms with Gasteiger partial charge in [0.1, 0.15) is 0 Å². The number of carbonyl (C=O) groups excluding carboxylic acids is 1. The zero-order valence-corrected chi connectivity index (χ0v) is 11.2. The second-order valence-electron chi connectivity index (χ2n) is 5.03. The van der Waals surface area contributed by atoms with Crippen LogP contribution in [0.2, 0.25) is 0 Å². The van der Waals surface area contributed by atoms with E-state index in [1.165, 1.54) is 0 Å². The number of amides is 1. The van der Waals surface area contributed by atoms with E-state index in [1.54, 1.807) is 18.3 Å². The molecule has 2 N–H and O–H groups in total. The van der Waals surface area contributed by atoms with Crippen LogP contribution in [0, 0.1) is 0 Å². The Morgan fingerprint density at radius 2 is 2.10 bits per heavy atom. The molecule has 0 bridgehead atoms. The number of benzene rings is 1. The Morgan fingerprint density at radius 3 is 2.85 bits per heavy atom. The van der Waals surface area contributed by atoms with Gasteiger partial charge >= 0.3 is 0 Å². The third-order valence-electron chi connectivity index (χ3n) is 3.77. The van der Waals surface area contributed by atoms with Crippen molar-refractivity contribution in [3.05, 3.63) is 59.9 Å². The van der Waals surface area contributed by atoms with Crippen molar-refractivity contribution in [2.45, 2.75) is 18.9 Å². The van der Waals surface area contributed by atoms with Crippen LogP contribution >= 0.6 is 0 Å². The lowest BCUT2D eigenvalue weighted by molar-refractivity contribution is 0.0736. The average molecular weight is 267 g/mol. The third-order valence-corrected chi connectivity index (χ3v) is 3.77. The van der Waals surface area contributed by atoms with E-state index in [0.717, 1.165) is 24.9 Å². The van der Waals surface area contributed by atoms with Crippen LogP contribution in [0.15, 0.2) is 48.8 Å². The number of hydrogen-bond donors (Lipinski definition) is 1. The first-order valence-corrected chi connectivity index (χ1v) is 6.83. The summed E-state index contributed by atoms with van der Waals surface area (Å²) in [5.74, 6) is 0.00875. The van der Waals surface area contributed by atoms with Gasteiger partial charge < -0.3 is 10.6 Å². The number of nitrogens with zero attached hydrogens (tertiary/aromatic N) is 2. The fourth-order valence-corrected chi connectivity index (χ4v) is 2.78. The number of hydrogen-bond acceptors (Lipinski definition) is 3. The van der Waals surface area contributed by atoms with Crippen molar-refractivity contribution in [2.75, 3.05) is 12.3 Å². The molecule has 1 atom stereocenters. The van der Waals surface area contributed by atoms with Gasteiger partial charge in [0, 0.05) is 24.6 Å². The van der Waals surface area contributed by atoms with Gasteiger partial charge in [0.05, 0.1) is 11.6 Å². The van der Waals surface area contributed by atoms with Gasteiger partial charge in [-0.15, -0.1) is 0 Å². The molecular weight excluding hydrogens is 250 g/mol. The van der Waals surface area contributed by atoms with Gasteiger partial charge in [-0.3, -0.25) is 9.78 Å². The topological polar surface area (TPSA) is 59.2 Å². The molecule has 1 aromatic carbocycles. The number of anilines is 1. The second-order valence-corrected chi connectivity index (χ2v) is 5.03. The molecule has 102 valence electrons. The summed E-state index contributed by atoms with van der Waals surface area (Å²) in [5, 5.41) is 0. The van der Waals surface area contributed by atoms with Crippen molar-refractivity contribution in [2.24, 2.45) is 0 Å². The first kappa shape index (κ1) is 12.7. The Morgan fingerprint density at radius 1 is 1.25 bits per heavy atom. The lowest BCUT2D eigenvalue weighted by Gasteiger charge is -2.25. The molecule has 0 spiro atoms. The molecule has 1 unspecified atom stereocenters. The van der Waals surface area contributed by atoms with Gasteiger partial charge in [0.2, 0.25) is 0 Å². The predicted molar refractivity (Wildman–Crippen MR) is 78.1 cm³/mol. The van der Waals surface area contributed by atoms with Gasteiger partial charge in [0.15, 0.2) is 0 Å². The highest BCUT2D eigenvalue weighted by atomic mass is 16.2. The van der Waals surface area contributed by atoms with Gasteiger partial charge in [-0.1, -0.05) is 18.2 Å². The van der Waals surface area contributed by atoms with Crippen molar-refractivity contribution in [3.8, 4) is 0 Å². The number of likely N-dealkylation sites (tertiary alicyclic amines) is 1. The normalized spacial score (nSPS) is 18.2. The standard InChI is InChI=1S/C16H17N3O/c17-14-7-2-1-6-13(14)16(20)19-10-4-8-15(19)12-5-3-9-18-11-12/h1-3,5-7,9,11,15H,4,8,10,17H2. The molecule has 1 aliphatic heterocycles. The largest absolute Gasteiger partial charge is 0.398 e. The fourth-order valence-electron chi connectivity index (χ4n) is 2.78. The van der Waals surface area contributed by atoms with Crippen molar-refractivity contribution in [1.82, 2.24) is 9.88 Å². The average Bonchev–Trinajstić information content (AvgIpc) is 2.97. The summed E-state index contributed by atoms with van der Waals surface area (Å²) in [7, 11) is 0. The van der Waals surface area contributed by atoms with E-state index >= 15 is 0 Å². The molecule has 0 aliphatic carbocycles. The van der Waals surface area contributed by atoms with E-state index in [1.807, 2.05) is 35.4 Å². The van der Waals surface area contributed by atoms with E-state index < -0.39 is 0 Å². The molecule has 4 heteroatoms. The molecule has 1 aliphatic rings. The molecule has 2 heterocycles. The number of para-hydroxylation sites is 1. The Hall–Kier alpha value is -2.36. The summed E-state index contributed by atoms with van der Waals surface area (Å²) in [6.45, 7) is 0.771. The molecular formula is C16H17N3O. The summed E-state index contributed by atoms with van der Waals surface area (Å²) >= 11 is 0. The summed E-state index contributed by atoms with van der Waals surface area (Å²) < 4.78 is 0. The van der Waals surface area contributed by atoms with Gasteiger partial charge in [-0.05, 0) is 36.6 Å². The summed E-state index contributed by atoms with van der Waals surface area (Å²) in [4.78, 5) is 18.7. The van der Waals surface area contributed by atoms with Gasteiger partial charge in [-0.2, -0.15) is 0 Å². The lowest BCUT2D eigenvalue weighted by Crippen LogP contribution is -2.31. The second kappa shape index (κ2) is 5.33. The fraction of sp³-hybridized carbons (Fsp3) is 0.250. The number of rotatable bonds is 2. The van der Waals surface area contributed by atoms with Crippen LogP contribution in [0.25, 0.3) is 0 Å². The Balaban J connectivity index is 1.90. The van der Waals surface area contributed by atoms with Crippen molar-refractivity contribution in [3.63, 3.8) is 0 Å². The minimum Gasteiger partial charge on any atom is -0.398 e. The molecule has 1 fully saturated rings. The minimum atomic E-state index is 0.00875. The Labute approximate surface area is 118 Å². The number of nitrogen functional groups attached to an aromatic ring is 1. The maximum absolute atomic E-state index is 12.7. The predicted octanol–water partition coefficient (Wildman–Crippen LogP) is 2.64. The summed E-state index contributed by atoms with van der Waals surface area (Å²) in [5.41, 5.74) is 8.13. The van der Waals surface area contributed by atoms with E-state index in [2.05, 4.69) is 4.98 Å². The van der Waals surface area contributed by atoms with Crippen molar-refractivity contribution < 1.29 is 4.79 Å². The number of aromatic nitrogens is 1. The number of nitrogens with two attached hydrogens (primary N) is 1. The van der Waals surface area contributed by atoms with Gasteiger partial charge in [-0.25, -0.2) is 0 Å². The molecule has 2 aromatic rings. The molecule has 4 nitrogen and oxygen atoms in total. The first-order chi connectivity index (χ1) is 9.77. The van der Waals surface area contributed by atoms with E-state index in [9.17, 15) is 4.79 Å². The zero-order valence-electron chi connectivity index (χ0n) is 11.2. The molecule has 1 saturated heterocycles. The summed E-state index contributed by atoms with van der Waals surface area (Å²) in [6, 6.07) is 11.3. The maximum atomic E-state index is 12.7. The highest BCUT2D eigenvalue weighted by molar-refractivity contribution is 5.99. The van der Waals surface area contributed by atoms with Crippen LogP contribution < -0.4 is 5.73 Å². The zero-order chi connectivity index (χ0) is 13.9. The van der Waals surface area contributed by atoms with Crippen molar-refractivity contribution >= 4 is 11.6 Å². The molecule has 20 heavy (non-hydrogen) atoms. The molecule has 0 radical (unpaired) electrons. The minimum absolute atomic E-state index is 0.00875. The van der Waals surface area contributed by atoms with Crippen LogP contribution in [0.3, 0.4) is 0 Å². The van der Waals surface area contributed by atoms with E-state index in [0.29, 0.717) is 11.3 Å². The molecule has 1 aromatic heterocycles. The number of pyridine rings is 1. The van der Waals surface area contributed by atoms with Crippen LogP contribution in [-0.4, -0.2) is 22.3 Å². The first-order valence-electron chi connectivity index (χ1n) is 6.83. The van der Waals surface area contributed by atoms with Crippen LogP contribution in [-0.2, 0) is 0 Å². The lowest BCUT2D eigenvalue weighted by atomic mass is 10.1. The highest BCUT2D eigenvalue weighted by Crippen LogP contribution is 2.33. The molecule has 1 amide bonds. The van der Waals surface area contributed by atoms with Crippen LogP contribution in [0.5, 0.6) is 0 Å². The Kier molecular flexibility index (Phi) is 3.37. The van der Waals surface area contributed by atoms with Crippen molar-refractivity contribution in [1.29, 1.82) is 0 Å². The smallest absolute Gasteiger partial charge is 0.256 e. The van der Waals surface area contributed by atoms with E-state index in [-0.39, 0.29) is 11.9 Å². The SMILES string of the molecule is Nc1ccccc1C(=O)N1CCCC1c1cccnc1. The quantitative estimate of drug-likeness (QED) is 0.851. The summed E-state index contributed by atoms with van der Waals surface area (Å²) in [6.07, 6.45) is 5.58. The van der Waals surface area contributed by atoms with Crippen LogP contribution in [0.1, 0.15) is 34.8 Å².